The lowest BCUT2D eigenvalue weighted by Gasteiger charge is -2.35. The highest BCUT2D eigenvalue weighted by molar-refractivity contribution is 14.0. The number of nitrogens with zero attached hydrogens (tertiary/aromatic N) is 3. The molecule has 8 nitrogen and oxygen atoms in total. The lowest BCUT2D eigenvalue weighted by molar-refractivity contribution is 0.0132. The van der Waals surface area contributed by atoms with Crippen molar-refractivity contribution in [1.82, 2.24) is 20.4 Å². The number of nitrogens with one attached hydrogen (secondary N) is 3. The smallest absolute Gasteiger partial charge is 0.321 e. The van der Waals surface area contributed by atoms with Crippen molar-refractivity contribution in [3.63, 3.8) is 0 Å². The molecular formula is C24H41IN6O2. The van der Waals surface area contributed by atoms with Crippen LogP contribution in [0.1, 0.15) is 38.7 Å². The number of ether oxygens (including phenoxy) is 1. The fourth-order valence-corrected chi connectivity index (χ4v) is 4.35. The first kappa shape index (κ1) is 27.7. The number of benzene rings is 1. The molecule has 2 heterocycles. The van der Waals surface area contributed by atoms with Gasteiger partial charge in [0.2, 0.25) is 0 Å². The standard InChI is InChI=1S/C24H40N6O2.HI/c1-19(2)15-22(29-11-13-32-14-12-29)18-27-23(25-3)26-17-20-7-6-8-21(16-20)28-24(31)30-9-4-5-10-30;/h6-8,16,19,22H,4-5,9-15,17-18H2,1-3H3,(H,28,31)(H2,25,26,27);1H. The molecule has 9 heteroatoms. The molecule has 3 N–H and O–H groups in total. The molecule has 2 aliphatic rings. The molecule has 2 amide bonds. The van der Waals surface area contributed by atoms with Crippen LogP contribution in [0.15, 0.2) is 29.3 Å². The third-order valence-corrected chi connectivity index (χ3v) is 6.07. The highest BCUT2D eigenvalue weighted by atomic mass is 127. The number of likely N-dealkylation sites (tertiary alicyclic amines) is 1. The summed E-state index contributed by atoms with van der Waals surface area (Å²) in [5.41, 5.74) is 1.92. The highest BCUT2D eigenvalue weighted by Crippen LogP contribution is 2.15. The average Bonchev–Trinajstić information content (AvgIpc) is 3.34. The number of rotatable bonds is 8. The van der Waals surface area contributed by atoms with E-state index in [1.165, 1.54) is 0 Å². The Kier molecular flexibility index (Phi) is 12.3. The Morgan fingerprint density at radius 2 is 1.85 bits per heavy atom. The second-order valence-corrected chi connectivity index (χ2v) is 9.06. The van der Waals surface area contributed by atoms with Crippen LogP contribution in [-0.4, -0.2) is 80.8 Å². The monoisotopic (exact) mass is 572 g/mol. The van der Waals surface area contributed by atoms with Gasteiger partial charge in [-0.2, -0.15) is 0 Å². The summed E-state index contributed by atoms with van der Waals surface area (Å²) in [6.45, 7) is 11.3. The second-order valence-electron chi connectivity index (χ2n) is 9.06. The van der Waals surface area contributed by atoms with Gasteiger partial charge in [0.1, 0.15) is 0 Å². The number of hydrogen-bond acceptors (Lipinski definition) is 4. The molecule has 1 aromatic carbocycles. The van der Waals surface area contributed by atoms with E-state index < -0.39 is 0 Å². The topological polar surface area (TPSA) is 81.2 Å². The first-order valence-electron chi connectivity index (χ1n) is 12.0. The van der Waals surface area contributed by atoms with Crippen LogP contribution in [0.3, 0.4) is 0 Å². The molecule has 1 unspecified atom stereocenters. The van der Waals surface area contributed by atoms with E-state index in [0.717, 1.165) is 82.4 Å². The Morgan fingerprint density at radius 3 is 2.52 bits per heavy atom. The molecule has 1 aromatic rings. The number of carbonyl (C=O) groups is 1. The van der Waals surface area contributed by atoms with Crippen LogP contribution in [0.2, 0.25) is 0 Å². The maximum atomic E-state index is 12.4. The second kappa shape index (κ2) is 14.6. The quantitative estimate of drug-likeness (QED) is 0.253. The maximum Gasteiger partial charge on any atom is 0.321 e. The SMILES string of the molecule is CN=C(NCc1cccc(NC(=O)N2CCCC2)c1)NCC(CC(C)C)N1CCOCC1.I. The Bertz CT molecular complexity index is 748. The van der Waals surface area contributed by atoms with Crippen molar-refractivity contribution in [2.45, 2.75) is 45.7 Å². The van der Waals surface area contributed by atoms with Gasteiger partial charge in [-0.1, -0.05) is 26.0 Å². The van der Waals surface area contributed by atoms with Crippen LogP contribution in [0, 0.1) is 5.92 Å². The minimum atomic E-state index is -0.00982. The van der Waals surface area contributed by atoms with Crippen LogP contribution in [0.5, 0.6) is 0 Å². The lowest BCUT2D eigenvalue weighted by atomic mass is 10.0. The number of amides is 2. The van der Waals surface area contributed by atoms with Crippen molar-refractivity contribution >= 4 is 41.7 Å². The Balaban J connectivity index is 0.00000385. The molecule has 2 saturated heterocycles. The molecular weight excluding hydrogens is 531 g/mol. The van der Waals surface area contributed by atoms with Crippen LogP contribution in [0.4, 0.5) is 10.5 Å². The predicted octanol–water partition coefficient (Wildman–Crippen LogP) is 3.34. The molecule has 1 atom stereocenters. The molecule has 2 aliphatic heterocycles. The van der Waals surface area contributed by atoms with E-state index in [1.54, 1.807) is 7.05 Å². The number of morpholine rings is 1. The Morgan fingerprint density at radius 1 is 1.12 bits per heavy atom. The fraction of sp³-hybridized carbons (Fsp3) is 0.667. The summed E-state index contributed by atoms with van der Waals surface area (Å²) >= 11 is 0. The van der Waals surface area contributed by atoms with E-state index in [4.69, 9.17) is 4.74 Å². The molecule has 0 aliphatic carbocycles. The summed E-state index contributed by atoms with van der Waals surface area (Å²) < 4.78 is 5.52. The minimum Gasteiger partial charge on any atom is -0.379 e. The summed E-state index contributed by atoms with van der Waals surface area (Å²) in [5.74, 6) is 1.43. The van der Waals surface area contributed by atoms with Gasteiger partial charge in [0, 0.05) is 58.0 Å². The number of urea groups is 1. The largest absolute Gasteiger partial charge is 0.379 e. The van der Waals surface area contributed by atoms with E-state index in [2.05, 4.69) is 45.8 Å². The maximum absolute atomic E-state index is 12.4. The summed E-state index contributed by atoms with van der Waals surface area (Å²) in [6, 6.07) is 8.43. The average molecular weight is 573 g/mol. The van der Waals surface area contributed by atoms with Gasteiger partial charge < -0.3 is 25.6 Å². The molecule has 33 heavy (non-hydrogen) atoms. The van der Waals surface area contributed by atoms with Crippen LogP contribution in [-0.2, 0) is 11.3 Å². The van der Waals surface area contributed by atoms with Gasteiger partial charge in [-0.25, -0.2) is 4.79 Å². The number of carbonyl (C=O) groups excluding carboxylic acids is 1. The normalized spacial score (nSPS) is 18.1. The van der Waals surface area contributed by atoms with Crippen molar-refractivity contribution < 1.29 is 9.53 Å². The van der Waals surface area contributed by atoms with Crippen molar-refractivity contribution in [3.05, 3.63) is 29.8 Å². The van der Waals surface area contributed by atoms with Gasteiger partial charge in [-0.15, -0.1) is 24.0 Å². The van der Waals surface area contributed by atoms with Crippen LogP contribution in [0.25, 0.3) is 0 Å². The van der Waals surface area contributed by atoms with Crippen molar-refractivity contribution in [2.75, 3.05) is 58.3 Å². The zero-order valence-electron chi connectivity index (χ0n) is 20.3. The third-order valence-electron chi connectivity index (χ3n) is 6.07. The molecule has 0 spiro atoms. The fourth-order valence-electron chi connectivity index (χ4n) is 4.35. The first-order valence-corrected chi connectivity index (χ1v) is 12.0. The van der Waals surface area contributed by atoms with E-state index in [0.29, 0.717) is 18.5 Å². The molecule has 3 rings (SSSR count). The highest BCUT2D eigenvalue weighted by Gasteiger charge is 2.22. The predicted molar refractivity (Wildman–Crippen MR) is 146 cm³/mol. The van der Waals surface area contributed by atoms with Gasteiger partial charge in [-0.05, 0) is 42.9 Å². The number of halogens is 1. The third kappa shape index (κ3) is 9.29. The number of aliphatic imine (C=N–C) groups is 1. The minimum absolute atomic E-state index is 0. The van der Waals surface area contributed by atoms with Crippen molar-refractivity contribution in [1.29, 1.82) is 0 Å². The molecule has 0 bridgehead atoms. The van der Waals surface area contributed by atoms with Gasteiger partial charge in [0.15, 0.2) is 5.96 Å². The van der Waals surface area contributed by atoms with Gasteiger partial charge in [-0.3, -0.25) is 9.89 Å². The number of guanidine groups is 1. The number of anilines is 1. The zero-order valence-corrected chi connectivity index (χ0v) is 22.6. The summed E-state index contributed by atoms with van der Waals surface area (Å²) in [5, 5.41) is 9.93. The van der Waals surface area contributed by atoms with Gasteiger partial charge in [0.05, 0.1) is 13.2 Å². The number of hydrogen-bond donors (Lipinski definition) is 3. The first-order chi connectivity index (χ1) is 15.5. The van der Waals surface area contributed by atoms with E-state index >= 15 is 0 Å². The zero-order chi connectivity index (χ0) is 22.8. The van der Waals surface area contributed by atoms with Crippen molar-refractivity contribution in [3.8, 4) is 0 Å². The van der Waals surface area contributed by atoms with Gasteiger partial charge in [0.25, 0.3) is 0 Å². The summed E-state index contributed by atoms with van der Waals surface area (Å²) in [4.78, 5) is 21.1. The Hall–Kier alpha value is -1.59. The van der Waals surface area contributed by atoms with Crippen molar-refractivity contribution in [2.24, 2.45) is 10.9 Å². The van der Waals surface area contributed by atoms with E-state index in [9.17, 15) is 4.79 Å². The molecule has 0 aromatic heterocycles. The molecule has 0 radical (unpaired) electrons. The van der Waals surface area contributed by atoms with Crippen LogP contribution >= 0.6 is 24.0 Å². The molecule has 0 saturated carbocycles. The van der Waals surface area contributed by atoms with Gasteiger partial charge >= 0.3 is 6.03 Å². The molecule has 2 fully saturated rings. The van der Waals surface area contributed by atoms with Crippen LogP contribution < -0.4 is 16.0 Å². The van der Waals surface area contributed by atoms with E-state index in [1.807, 2.05) is 23.1 Å². The van der Waals surface area contributed by atoms with E-state index in [-0.39, 0.29) is 30.0 Å². The summed E-state index contributed by atoms with van der Waals surface area (Å²) in [7, 11) is 1.80. The molecule has 186 valence electrons. The lowest BCUT2D eigenvalue weighted by Crippen LogP contribution is -2.50. The Labute approximate surface area is 215 Å². The summed E-state index contributed by atoms with van der Waals surface area (Å²) in [6.07, 6.45) is 3.32.